The molecule has 0 aliphatic carbocycles. The zero-order valence-corrected chi connectivity index (χ0v) is 11.9. The number of hydrogen-bond donors (Lipinski definition) is 1. The van der Waals surface area contributed by atoms with Crippen molar-refractivity contribution in [1.82, 2.24) is 15.2 Å². The number of benzene rings is 1. The van der Waals surface area contributed by atoms with Gasteiger partial charge in [0.1, 0.15) is 5.02 Å². The highest BCUT2D eigenvalue weighted by molar-refractivity contribution is 6.36. The Morgan fingerprint density at radius 1 is 1.29 bits per heavy atom. The smallest absolute Gasteiger partial charge is 0.288 e. The minimum Gasteiger partial charge on any atom is -0.289 e. The summed E-state index contributed by atoms with van der Waals surface area (Å²) in [6.07, 6.45) is 0. The van der Waals surface area contributed by atoms with Gasteiger partial charge in [-0.05, 0) is 19.9 Å². The van der Waals surface area contributed by atoms with E-state index in [1.807, 2.05) is 0 Å². The lowest BCUT2D eigenvalue weighted by Crippen LogP contribution is -2.16. The Morgan fingerprint density at radius 3 is 2.62 bits per heavy atom. The van der Waals surface area contributed by atoms with Crippen molar-refractivity contribution in [2.45, 2.75) is 13.8 Å². The average molecular weight is 308 g/mol. The molecule has 0 saturated carbocycles. The molecule has 0 unspecified atom stereocenters. The molecule has 0 bridgehead atoms. The molecule has 8 nitrogen and oxygen atoms in total. The molecular weight excluding hydrogens is 298 g/mol. The van der Waals surface area contributed by atoms with Crippen LogP contribution < -0.4 is 5.32 Å². The number of hydrogen-bond acceptors (Lipinski definition) is 6. The van der Waals surface area contributed by atoms with Crippen molar-refractivity contribution in [3.8, 4) is 0 Å². The minimum absolute atomic E-state index is 0.00525. The van der Waals surface area contributed by atoms with Crippen LogP contribution in [0, 0.1) is 24.0 Å². The summed E-state index contributed by atoms with van der Waals surface area (Å²) in [7, 11) is 0. The number of carbonyl (C=O) groups is 1. The molecule has 1 aromatic carbocycles. The Hall–Kier alpha value is -2.61. The highest BCUT2D eigenvalue weighted by Gasteiger charge is 2.20. The minimum atomic E-state index is -0.660. The van der Waals surface area contributed by atoms with Gasteiger partial charge >= 0.3 is 0 Å². The predicted octanol–water partition coefficient (Wildman–Crippen LogP) is 2.30. The van der Waals surface area contributed by atoms with Crippen molar-refractivity contribution < 1.29 is 9.72 Å². The summed E-state index contributed by atoms with van der Waals surface area (Å²) >= 11 is 5.86. The first-order valence-electron chi connectivity index (χ1n) is 5.82. The summed E-state index contributed by atoms with van der Waals surface area (Å²) in [6, 6.07) is 3.96. The summed E-state index contributed by atoms with van der Waals surface area (Å²) in [5, 5.41) is 20.5. The first-order valence-corrected chi connectivity index (χ1v) is 6.20. The number of nitro benzene ring substituents is 1. The second kappa shape index (κ2) is 5.80. The van der Waals surface area contributed by atoms with Crippen LogP contribution in [0.5, 0.6) is 0 Å². The van der Waals surface area contributed by atoms with Crippen LogP contribution in [0.3, 0.4) is 0 Å². The number of carbonyl (C=O) groups excluding carboxylic acids is 1. The maximum atomic E-state index is 12.1. The third kappa shape index (κ3) is 3.11. The highest BCUT2D eigenvalue weighted by atomic mass is 35.5. The van der Waals surface area contributed by atoms with Crippen LogP contribution in [0.25, 0.3) is 0 Å². The van der Waals surface area contributed by atoms with Gasteiger partial charge in [-0.2, -0.15) is 5.10 Å². The number of aromatic nitrogens is 3. The fourth-order valence-electron chi connectivity index (χ4n) is 1.51. The van der Waals surface area contributed by atoms with Crippen molar-refractivity contribution >= 4 is 29.1 Å². The third-order valence-electron chi connectivity index (χ3n) is 2.74. The molecule has 21 heavy (non-hydrogen) atoms. The third-order valence-corrected chi connectivity index (χ3v) is 3.13. The maximum Gasteiger partial charge on any atom is 0.288 e. The van der Waals surface area contributed by atoms with Crippen molar-refractivity contribution in [2.75, 3.05) is 5.32 Å². The van der Waals surface area contributed by atoms with Gasteiger partial charge in [-0.25, -0.2) is 4.98 Å². The van der Waals surface area contributed by atoms with Crippen LogP contribution in [-0.4, -0.2) is 26.0 Å². The Kier molecular flexibility index (Phi) is 4.08. The van der Waals surface area contributed by atoms with Gasteiger partial charge in [0.15, 0.2) is 0 Å². The molecule has 1 heterocycles. The molecule has 108 valence electrons. The average Bonchev–Trinajstić information content (AvgIpc) is 2.42. The normalized spacial score (nSPS) is 10.2. The van der Waals surface area contributed by atoms with Crippen LogP contribution in [0.2, 0.25) is 5.02 Å². The van der Waals surface area contributed by atoms with E-state index in [-0.39, 0.29) is 22.2 Å². The number of nitrogens with one attached hydrogen (secondary N) is 1. The SMILES string of the molecule is Cc1nnc(NC(=O)c2cccc([N+](=O)[O-])c2Cl)nc1C. The van der Waals surface area contributed by atoms with E-state index in [0.29, 0.717) is 11.4 Å². The largest absolute Gasteiger partial charge is 0.289 e. The van der Waals surface area contributed by atoms with Gasteiger partial charge in [0.05, 0.1) is 21.9 Å². The number of aryl methyl sites for hydroxylation is 2. The summed E-state index contributed by atoms with van der Waals surface area (Å²) < 4.78 is 0. The second-order valence-electron chi connectivity index (χ2n) is 4.16. The highest BCUT2D eigenvalue weighted by Crippen LogP contribution is 2.28. The van der Waals surface area contributed by atoms with E-state index in [0.717, 1.165) is 0 Å². The Labute approximate surface area is 124 Å². The quantitative estimate of drug-likeness (QED) is 0.688. The number of nitro groups is 1. The van der Waals surface area contributed by atoms with Crippen molar-refractivity contribution in [1.29, 1.82) is 0 Å². The van der Waals surface area contributed by atoms with Crippen molar-refractivity contribution in [3.05, 3.63) is 50.3 Å². The van der Waals surface area contributed by atoms with Gasteiger partial charge in [0, 0.05) is 6.07 Å². The van der Waals surface area contributed by atoms with E-state index in [1.54, 1.807) is 13.8 Å². The number of amides is 1. The molecule has 0 radical (unpaired) electrons. The summed E-state index contributed by atoms with van der Waals surface area (Å²) in [5.41, 5.74) is 0.878. The second-order valence-corrected chi connectivity index (χ2v) is 4.53. The van der Waals surface area contributed by atoms with E-state index >= 15 is 0 Å². The van der Waals surface area contributed by atoms with Crippen LogP contribution in [0.15, 0.2) is 18.2 Å². The molecule has 0 fully saturated rings. The molecule has 1 amide bonds. The molecule has 2 aromatic rings. The lowest BCUT2D eigenvalue weighted by atomic mass is 10.2. The van der Waals surface area contributed by atoms with Gasteiger partial charge in [-0.1, -0.05) is 17.7 Å². The zero-order chi connectivity index (χ0) is 15.6. The molecule has 2 rings (SSSR count). The first kappa shape index (κ1) is 14.8. The Balaban J connectivity index is 2.30. The lowest BCUT2D eigenvalue weighted by molar-refractivity contribution is -0.384. The Morgan fingerprint density at radius 2 is 2.00 bits per heavy atom. The van der Waals surface area contributed by atoms with Gasteiger partial charge in [-0.15, -0.1) is 5.10 Å². The summed E-state index contributed by atoms with van der Waals surface area (Å²) in [5.74, 6) is -0.639. The van der Waals surface area contributed by atoms with Crippen molar-refractivity contribution in [3.63, 3.8) is 0 Å². The lowest BCUT2D eigenvalue weighted by Gasteiger charge is -2.06. The van der Waals surface area contributed by atoms with Crippen LogP contribution in [0.1, 0.15) is 21.7 Å². The molecule has 0 saturated heterocycles. The summed E-state index contributed by atoms with van der Waals surface area (Å²) in [4.78, 5) is 26.3. The van der Waals surface area contributed by atoms with Crippen LogP contribution in [0.4, 0.5) is 11.6 Å². The van der Waals surface area contributed by atoms with E-state index in [4.69, 9.17) is 11.6 Å². The summed E-state index contributed by atoms with van der Waals surface area (Å²) in [6.45, 7) is 3.46. The topological polar surface area (TPSA) is 111 Å². The van der Waals surface area contributed by atoms with Crippen molar-refractivity contribution in [2.24, 2.45) is 0 Å². The van der Waals surface area contributed by atoms with Gasteiger partial charge < -0.3 is 0 Å². The molecule has 9 heteroatoms. The van der Waals surface area contributed by atoms with Gasteiger partial charge in [-0.3, -0.25) is 20.2 Å². The van der Waals surface area contributed by atoms with Gasteiger partial charge in [0.2, 0.25) is 5.95 Å². The standard InChI is InChI=1S/C12H10ClN5O3/c1-6-7(2)16-17-12(14-6)15-11(19)8-4-3-5-9(10(8)13)18(20)21/h3-5H,1-2H3,(H,14,15,17,19). The van der Waals surface area contributed by atoms with E-state index in [1.165, 1.54) is 18.2 Å². The molecule has 0 aliphatic heterocycles. The first-order chi connectivity index (χ1) is 9.90. The number of rotatable bonds is 3. The molecular formula is C12H10ClN5O3. The molecule has 0 spiro atoms. The van der Waals surface area contributed by atoms with E-state index < -0.39 is 10.8 Å². The van der Waals surface area contributed by atoms with E-state index in [9.17, 15) is 14.9 Å². The molecule has 1 N–H and O–H groups in total. The predicted molar refractivity (Wildman–Crippen MR) is 75.4 cm³/mol. The fraction of sp³-hybridized carbons (Fsp3) is 0.167. The number of nitrogens with zero attached hydrogens (tertiary/aromatic N) is 4. The van der Waals surface area contributed by atoms with Crippen LogP contribution >= 0.6 is 11.6 Å². The molecule has 0 aliphatic rings. The maximum absolute atomic E-state index is 12.1. The van der Waals surface area contributed by atoms with E-state index in [2.05, 4.69) is 20.5 Å². The van der Waals surface area contributed by atoms with Crippen LogP contribution in [-0.2, 0) is 0 Å². The zero-order valence-electron chi connectivity index (χ0n) is 11.1. The number of anilines is 1. The van der Waals surface area contributed by atoms with Gasteiger partial charge in [0.25, 0.3) is 11.6 Å². The fourth-order valence-corrected chi connectivity index (χ4v) is 1.80. The molecule has 1 aromatic heterocycles. The molecule has 0 atom stereocenters. The monoisotopic (exact) mass is 307 g/mol. The number of halogens is 1. The Bertz CT molecular complexity index is 735.